The van der Waals surface area contributed by atoms with Crippen LogP contribution in [-0.4, -0.2) is 19.0 Å². The maximum atomic E-state index is 9.84. The Morgan fingerprint density at radius 1 is 1.33 bits per heavy atom. The summed E-state index contributed by atoms with van der Waals surface area (Å²) < 4.78 is 4.14. The molecule has 0 aliphatic carbocycles. The molecule has 0 radical (unpaired) electrons. The lowest BCUT2D eigenvalue weighted by Crippen LogP contribution is -2.17. The van der Waals surface area contributed by atoms with Gasteiger partial charge in [0, 0.05) is 6.08 Å². The average Bonchev–Trinajstić information content (AvgIpc) is 2.04. The van der Waals surface area contributed by atoms with Gasteiger partial charge in [-0.1, -0.05) is 13.2 Å². The van der Waals surface area contributed by atoms with E-state index in [0.717, 1.165) is 12.2 Å². The summed E-state index contributed by atoms with van der Waals surface area (Å²) in [5.41, 5.74) is 0. The van der Waals surface area contributed by atoms with Crippen molar-refractivity contribution in [3.8, 4) is 0 Å². The second kappa shape index (κ2) is 12.1. The van der Waals surface area contributed by atoms with Gasteiger partial charge >= 0.3 is 5.97 Å². The first-order chi connectivity index (χ1) is 5.08. The number of carboxylic acid groups (broad SMARTS) is 1. The van der Waals surface area contributed by atoms with Crippen LogP contribution in [0.3, 0.4) is 0 Å². The SMILES string of the molecule is C=CC(=O)OC.C=CC(=O)[O-].[NH4+]. The van der Waals surface area contributed by atoms with E-state index < -0.39 is 11.9 Å². The van der Waals surface area contributed by atoms with E-state index in [-0.39, 0.29) is 6.15 Å². The van der Waals surface area contributed by atoms with Crippen LogP contribution in [0, 0.1) is 0 Å². The van der Waals surface area contributed by atoms with Gasteiger partial charge < -0.3 is 20.8 Å². The van der Waals surface area contributed by atoms with Crippen LogP contribution in [0.25, 0.3) is 0 Å². The molecule has 0 saturated carbocycles. The van der Waals surface area contributed by atoms with Crippen molar-refractivity contribution < 1.29 is 19.4 Å². The number of carbonyl (C=O) groups is 2. The molecular weight excluding hydrogens is 162 g/mol. The van der Waals surface area contributed by atoms with Crippen LogP contribution in [0.1, 0.15) is 0 Å². The number of rotatable bonds is 2. The summed E-state index contributed by atoms with van der Waals surface area (Å²) >= 11 is 0. The highest BCUT2D eigenvalue weighted by Crippen LogP contribution is 1.67. The zero-order valence-corrected chi connectivity index (χ0v) is 7.20. The van der Waals surface area contributed by atoms with E-state index >= 15 is 0 Å². The van der Waals surface area contributed by atoms with Crippen molar-refractivity contribution in [2.24, 2.45) is 0 Å². The van der Waals surface area contributed by atoms with Crippen molar-refractivity contribution in [1.82, 2.24) is 6.15 Å². The van der Waals surface area contributed by atoms with Crippen LogP contribution in [0.15, 0.2) is 25.3 Å². The molecule has 0 aliphatic heterocycles. The maximum Gasteiger partial charge on any atom is 0.329 e. The number of esters is 1. The summed E-state index contributed by atoms with van der Waals surface area (Å²) in [5, 5.41) is 9.14. The molecule has 12 heavy (non-hydrogen) atoms. The number of ether oxygens (including phenoxy) is 1. The highest BCUT2D eigenvalue weighted by Gasteiger charge is 1.81. The second-order valence-corrected chi connectivity index (χ2v) is 1.25. The predicted molar refractivity (Wildman–Crippen MR) is 43.4 cm³/mol. The lowest BCUT2D eigenvalue weighted by molar-refractivity contribution is -0.297. The van der Waals surface area contributed by atoms with Crippen LogP contribution in [-0.2, 0) is 14.3 Å². The molecule has 0 aromatic heterocycles. The molecular formula is C7H13NO4. The fourth-order valence-electron chi connectivity index (χ4n) is 0.0833. The molecule has 0 unspecified atom stereocenters. The summed E-state index contributed by atoms with van der Waals surface area (Å²) in [6.07, 6.45) is 1.83. The van der Waals surface area contributed by atoms with Crippen LogP contribution >= 0.6 is 0 Å². The van der Waals surface area contributed by atoms with Crippen LogP contribution in [0.5, 0.6) is 0 Å². The molecule has 0 aliphatic rings. The molecule has 5 heteroatoms. The zero-order chi connectivity index (χ0) is 9.28. The molecule has 5 nitrogen and oxygen atoms in total. The molecule has 0 aromatic carbocycles. The largest absolute Gasteiger partial charge is 0.545 e. The lowest BCUT2D eigenvalue weighted by Gasteiger charge is -1.83. The van der Waals surface area contributed by atoms with Crippen molar-refractivity contribution in [3.05, 3.63) is 25.3 Å². The lowest BCUT2D eigenvalue weighted by atomic mass is 10.7. The van der Waals surface area contributed by atoms with Gasteiger partial charge in [0.15, 0.2) is 0 Å². The standard InChI is InChI=1S/C4H6O2.C3H4O2.H3N/c1-3-4(5)6-2;1-2-3(4)5;/h3H,1H2,2H3;2H,1H2,(H,4,5);1H3. The van der Waals surface area contributed by atoms with Gasteiger partial charge in [-0.25, -0.2) is 4.79 Å². The minimum absolute atomic E-state index is 0. The Bertz CT molecular complexity index is 165. The molecule has 0 fully saturated rings. The van der Waals surface area contributed by atoms with Crippen molar-refractivity contribution in [1.29, 1.82) is 0 Å². The Morgan fingerprint density at radius 2 is 1.67 bits per heavy atom. The quantitative estimate of drug-likeness (QED) is 0.457. The first-order valence-corrected chi connectivity index (χ1v) is 2.62. The first kappa shape index (κ1) is 16.8. The van der Waals surface area contributed by atoms with E-state index in [2.05, 4.69) is 17.9 Å². The van der Waals surface area contributed by atoms with Gasteiger partial charge in [0.25, 0.3) is 0 Å². The zero-order valence-electron chi connectivity index (χ0n) is 7.20. The highest BCUT2D eigenvalue weighted by molar-refractivity contribution is 5.80. The Labute approximate surface area is 70.9 Å². The van der Waals surface area contributed by atoms with E-state index in [4.69, 9.17) is 9.90 Å². The monoisotopic (exact) mass is 175 g/mol. The summed E-state index contributed by atoms with van der Waals surface area (Å²) in [6.45, 7) is 6.06. The van der Waals surface area contributed by atoms with Gasteiger partial charge in [-0.2, -0.15) is 0 Å². The molecule has 0 aromatic rings. The molecule has 0 saturated heterocycles. The summed E-state index contributed by atoms with van der Waals surface area (Å²) in [6, 6.07) is 0. The number of hydrogen-bond acceptors (Lipinski definition) is 4. The molecule has 70 valence electrons. The maximum absolute atomic E-state index is 9.84. The van der Waals surface area contributed by atoms with Crippen LogP contribution < -0.4 is 11.3 Å². The molecule has 0 heterocycles. The molecule has 0 spiro atoms. The molecule has 0 amide bonds. The smallest absolute Gasteiger partial charge is 0.329 e. The van der Waals surface area contributed by atoms with Crippen LogP contribution in [0.2, 0.25) is 0 Å². The summed E-state index contributed by atoms with van der Waals surface area (Å²) in [7, 11) is 1.31. The van der Waals surface area contributed by atoms with E-state index in [0.29, 0.717) is 0 Å². The van der Waals surface area contributed by atoms with Crippen molar-refractivity contribution in [2.45, 2.75) is 0 Å². The minimum Gasteiger partial charge on any atom is -0.545 e. The third kappa shape index (κ3) is 23.8. The molecule has 0 atom stereocenters. The molecule has 0 bridgehead atoms. The number of aliphatic carboxylic acids is 1. The number of carboxylic acids is 1. The van der Waals surface area contributed by atoms with E-state index in [9.17, 15) is 4.79 Å². The average molecular weight is 175 g/mol. The van der Waals surface area contributed by atoms with Gasteiger partial charge in [0.1, 0.15) is 0 Å². The van der Waals surface area contributed by atoms with Crippen molar-refractivity contribution in [2.75, 3.05) is 7.11 Å². The number of quaternary nitrogens is 1. The Morgan fingerprint density at radius 3 is 1.67 bits per heavy atom. The van der Waals surface area contributed by atoms with E-state index in [1.165, 1.54) is 7.11 Å². The van der Waals surface area contributed by atoms with E-state index in [1.807, 2.05) is 0 Å². The second-order valence-electron chi connectivity index (χ2n) is 1.25. The van der Waals surface area contributed by atoms with E-state index in [1.54, 1.807) is 0 Å². The summed E-state index contributed by atoms with van der Waals surface area (Å²) in [5.74, 6) is -1.62. The highest BCUT2D eigenvalue weighted by atomic mass is 16.5. The Balaban J connectivity index is -0.000000126. The minimum atomic E-state index is -1.23. The third-order valence-corrected chi connectivity index (χ3v) is 0.535. The number of carbonyl (C=O) groups excluding carboxylic acids is 2. The van der Waals surface area contributed by atoms with Crippen molar-refractivity contribution in [3.63, 3.8) is 0 Å². The number of hydrogen-bond donors (Lipinski definition) is 1. The Kier molecular flexibility index (Phi) is 16.9. The topological polar surface area (TPSA) is 103 Å². The fraction of sp³-hybridized carbons (Fsp3) is 0.143. The van der Waals surface area contributed by atoms with Gasteiger partial charge in [-0.3, -0.25) is 0 Å². The fourth-order valence-corrected chi connectivity index (χ4v) is 0.0833. The molecule has 0 rings (SSSR count). The normalized spacial score (nSPS) is 6.08. The van der Waals surface area contributed by atoms with Gasteiger partial charge in [0.2, 0.25) is 0 Å². The number of methoxy groups -OCH3 is 1. The predicted octanol–water partition coefficient (Wildman–Crippen LogP) is -0.356. The van der Waals surface area contributed by atoms with Crippen molar-refractivity contribution >= 4 is 11.9 Å². The van der Waals surface area contributed by atoms with Gasteiger partial charge in [-0.15, -0.1) is 0 Å². The van der Waals surface area contributed by atoms with Crippen LogP contribution in [0.4, 0.5) is 0 Å². The van der Waals surface area contributed by atoms with Gasteiger partial charge in [-0.05, 0) is 6.08 Å². The first-order valence-electron chi connectivity index (χ1n) is 2.62. The Hall–Kier alpha value is -1.62. The third-order valence-electron chi connectivity index (χ3n) is 0.535. The molecule has 4 N–H and O–H groups in total. The van der Waals surface area contributed by atoms with Gasteiger partial charge in [0.05, 0.1) is 13.1 Å². The summed E-state index contributed by atoms with van der Waals surface area (Å²) in [4.78, 5) is 19.0.